The lowest BCUT2D eigenvalue weighted by Gasteiger charge is -2.28. The first-order valence-electron chi connectivity index (χ1n) is 9.97. The number of aryl methyl sites for hydroxylation is 1. The van der Waals surface area contributed by atoms with Crippen molar-refractivity contribution < 1.29 is 17.6 Å². The minimum Gasteiger partial charge on any atom is -0.411 e. The number of benzene rings is 2. The summed E-state index contributed by atoms with van der Waals surface area (Å²) in [5, 5.41) is 8.45. The fourth-order valence-electron chi connectivity index (χ4n) is 3.62. The molecular weight excluding hydrogens is 434 g/mol. The molecule has 0 aliphatic carbocycles. The zero-order valence-corrected chi connectivity index (χ0v) is 18.7. The number of sulfone groups is 1. The number of rotatable bonds is 7. The fraction of sp³-hybridized carbons (Fsp3) is 0.318. The molecule has 0 saturated carbocycles. The molecule has 31 heavy (non-hydrogen) atoms. The molecule has 2 heterocycles. The normalized spacial score (nSPS) is 17.5. The Morgan fingerprint density at radius 2 is 1.87 bits per heavy atom. The number of aromatic nitrogens is 2. The van der Waals surface area contributed by atoms with E-state index in [1.807, 2.05) is 61.5 Å². The Hall–Kier alpha value is -2.65. The fourth-order valence-corrected chi connectivity index (χ4v) is 6.00. The molecule has 9 heteroatoms. The van der Waals surface area contributed by atoms with Crippen LogP contribution in [0.15, 0.2) is 64.2 Å². The van der Waals surface area contributed by atoms with Gasteiger partial charge in [-0.3, -0.25) is 4.79 Å². The summed E-state index contributed by atoms with van der Waals surface area (Å²) in [5.41, 5.74) is 2.84. The first kappa shape index (κ1) is 21.6. The Balaban J connectivity index is 1.46. The summed E-state index contributed by atoms with van der Waals surface area (Å²) in [6.45, 7) is 2.34. The quantitative estimate of drug-likeness (QED) is 0.502. The van der Waals surface area contributed by atoms with E-state index in [-0.39, 0.29) is 29.2 Å². The molecule has 162 valence electrons. The maximum absolute atomic E-state index is 13.1. The molecule has 2 aromatic carbocycles. The summed E-state index contributed by atoms with van der Waals surface area (Å²) in [6, 6.07) is 17.0. The number of hydrogen-bond donors (Lipinski definition) is 0. The van der Waals surface area contributed by atoms with Gasteiger partial charge in [0, 0.05) is 18.2 Å². The number of carbonyl (C=O) groups excluding carboxylic acids is 1. The highest BCUT2D eigenvalue weighted by Gasteiger charge is 2.34. The Morgan fingerprint density at radius 1 is 1.13 bits per heavy atom. The summed E-state index contributed by atoms with van der Waals surface area (Å²) in [7, 11) is -3.11. The molecule has 3 aromatic rings. The third kappa shape index (κ3) is 5.34. The second kappa shape index (κ2) is 9.23. The number of hydrogen-bond acceptors (Lipinski definition) is 7. The highest BCUT2D eigenvalue weighted by Crippen LogP contribution is 2.27. The monoisotopic (exact) mass is 457 g/mol. The summed E-state index contributed by atoms with van der Waals surface area (Å²) >= 11 is 1.17. The van der Waals surface area contributed by atoms with Gasteiger partial charge in [-0.15, -0.1) is 10.2 Å². The molecule has 1 fully saturated rings. The molecule has 1 aliphatic rings. The Bertz CT molecular complexity index is 1160. The molecule has 1 aromatic heterocycles. The van der Waals surface area contributed by atoms with Crippen LogP contribution in [-0.4, -0.2) is 52.7 Å². The standard InChI is InChI=1S/C22H23N3O4S2/c1-16-7-5-6-10-19(16)21-23-24-22(29-21)30-14-20(26)25(13-17-8-3-2-4-9-17)18-11-12-31(27,28)15-18/h2-10,18H,11-15H2,1H3/t18-/m0/s1. The summed E-state index contributed by atoms with van der Waals surface area (Å²) in [6.07, 6.45) is 0.462. The second-order valence-electron chi connectivity index (χ2n) is 7.54. The van der Waals surface area contributed by atoms with Crippen molar-refractivity contribution in [3.63, 3.8) is 0 Å². The maximum atomic E-state index is 13.1. The molecule has 4 rings (SSSR count). The molecule has 1 atom stereocenters. The van der Waals surface area contributed by atoms with Crippen molar-refractivity contribution in [1.82, 2.24) is 15.1 Å². The van der Waals surface area contributed by atoms with Gasteiger partial charge in [-0.05, 0) is 30.5 Å². The van der Waals surface area contributed by atoms with Gasteiger partial charge in [0.05, 0.1) is 17.3 Å². The number of amides is 1. The van der Waals surface area contributed by atoms with Crippen LogP contribution in [0.3, 0.4) is 0 Å². The van der Waals surface area contributed by atoms with E-state index in [0.717, 1.165) is 16.7 Å². The Kier molecular flexibility index (Phi) is 6.43. The van der Waals surface area contributed by atoms with Crippen LogP contribution in [0.4, 0.5) is 0 Å². The Morgan fingerprint density at radius 3 is 2.58 bits per heavy atom. The van der Waals surface area contributed by atoms with E-state index in [9.17, 15) is 13.2 Å². The minimum atomic E-state index is -3.11. The van der Waals surface area contributed by atoms with E-state index in [2.05, 4.69) is 10.2 Å². The van der Waals surface area contributed by atoms with Gasteiger partial charge in [0.1, 0.15) is 0 Å². The molecule has 0 spiro atoms. The lowest BCUT2D eigenvalue weighted by atomic mass is 10.1. The van der Waals surface area contributed by atoms with Crippen molar-refractivity contribution in [3.8, 4) is 11.5 Å². The summed E-state index contributed by atoms with van der Waals surface area (Å²) in [4.78, 5) is 14.7. The third-order valence-electron chi connectivity index (χ3n) is 5.27. The highest BCUT2D eigenvalue weighted by molar-refractivity contribution is 7.99. The lowest BCUT2D eigenvalue weighted by molar-refractivity contribution is -0.130. The number of thioether (sulfide) groups is 1. The van der Waals surface area contributed by atoms with Crippen molar-refractivity contribution in [2.75, 3.05) is 17.3 Å². The second-order valence-corrected chi connectivity index (χ2v) is 10.7. The average Bonchev–Trinajstić information content (AvgIpc) is 3.37. The first-order chi connectivity index (χ1) is 14.9. The topological polar surface area (TPSA) is 93.4 Å². The van der Waals surface area contributed by atoms with Crippen LogP contribution < -0.4 is 0 Å². The van der Waals surface area contributed by atoms with Gasteiger partial charge in [0.25, 0.3) is 5.22 Å². The summed E-state index contributed by atoms with van der Waals surface area (Å²) < 4.78 is 29.7. The molecule has 0 N–H and O–H groups in total. The predicted octanol–water partition coefficient (Wildman–Crippen LogP) is 3.35. The molecule has 0 bridgehead atoms. The molecule has 1 saturated heterocycles. The highest BCUT2D eigenvalue weighted by atomic mass is 32.2. The number of nitrogens with zero attached hydrogens (tertiary/aromatic N) is 3. The van der Waals surface area contributed by atoms with Crippen LogP contribution in [0.2, 0.25) is 0 Å². The molecular formula is C22H23N3O4S2. The first-order valence-corrected chi connectivity index (χ1v) is 12.8. The van der Waals surface area contributed by atoms with Gasteiger partial charge in [-0.1, -0.05) is 60.3 Å². The van der Waals surface area contributed by atoms with Crippen LogP contribution in [-0.2, 0) is 21.2 Å². The molecule has 7 nitrogen and oxygen atoms in total. The molecule has 0 unspecified atom stereocenters. The lowest BCUT2D eigenvalue weighted by Crippen LogP contribution is -2.41. The van der Waals surface area contributed by atoms with E-state index in [1.54, 1.807) is 4.90 Å². The van der Waals surface area contributed by atoms with Crippen LogP contribution in [0.5, 0.6) is 0 Å². The van der Waals surface area contributed by atoms with Crippen molar-refractivity contribution in [3.05, 3.63) is 65.7 Å². The largest absolute Gasteiger partial charge is 0.411 e. The van der Waals surface area contributed by atoms with E-state index >= 15 is 0 Å². The van der Waals surface area contributed by atoms with E-state index in [0.29, 0.717) is 24.1 Å². The van der Waals surface area contributed by atoms with Gasteiger partial charge in [-0.2, -0.15) is 0 Å². The van der Waals surface area contributed by atoms with Crippen LogP contribution in [0, 0.1) is 6.92 Å². The van der Waals surface area contributed by atoms with Crippen molar-refractivity contribution in [1.29, 1.82) is 0 Å². The average molecular weight is 458 g/mol. The molecule has 1 amide bonds. The van der Waals surface area contributed by atoms with E-state index in [4.69, 9.17) is 4.42 Å². The van der Waals surface area contributed by atoms with Gasteiger partial charge in [-0.25, -0.2) is 8.42 Å². The molecule has 1 aliphatic heterocycles. The zero-order valence-electron chi connectivity index (χ0n) is 17.1. The van der Waals surface area contributed by atoms with Crippen molar-refractivity contribution in [2.45, 2.75) is 31.2 Å². The van der Waals surface area contributed by atoms with Crippen LogP contribution in [0.25, 0.3) is 11.5 Å². The van der Waals surface area contributed by atoms with Crippen LogP contribution in [0.1, 0.15) is 17.5 Å². The van der Waals surface area contributed by atoms with E-state index < -0.39 is 9.84 Å². The van der Waals surface area contributed by atoms with Gasteiger partial charge in [0.2, 0.25) is 11.8 Å². The van der Waals surface area contributed by atoms with Crippen LogP contribution >= 0.6 is 11.8 Å². The molecule has 0 radical (unpaired) electrons. The summed E-state index contributed by atoms with van der Waals surface area (Å²) in [5.74, 6) is 0.488. The number of carbonyl (C=O) groups is 1. The minimum absolute atomic E-state index is 0.00816. The predicted molar refractivity (Wildman–Crippen MR) is 119 cm³/mol. The van der Waals surface area contributed by atoms with E-state index in [1.165, 1.54) is 11.8 Å². The Labute approximate surface area is 185 Å². The maximum Gasteiger partial charge on any atom is 0.277 e. The third-order valence-corrected chi connectivity index (χ3v) is 7.82. The van der Waals surface area contributed by atoms with Gasteiger partial charge >= 0.3 is 0 Å². The van der Waals surface area contributed by atoms with Crippen molar-refractivity contribution in [2.24, 2.45) is 0 Å². The zero-order chi connectivity index (χ0) is 21.8. The van der Waals surface area contributed by atoms with Gasteiger partial charge < -0.3 is 9.32 Å². The van der Waals surface area contributed by atoms with Gasteiger partial charge in [0.15, 0.2) is 9.84 Å². The van der Waals surface area contributed by atoms with Crippen molar-refractivity contribution >= 4 is 27.5 Å². The SMILES string of the molecule is Cc1ccccc1-c1nnc(SCC(=O)N(Cc2ccccc2)[C@H]2CCS(=O)(=O)C2)o1. The smallest absolute Gasteiger partial charge is 0.277 e.